The van der Waals surface area contributed by atoms with Crippen LogP contribution in [0.15, 0.2) is 12.3 Å². The highest BCUT2D eigenvalue weighted by molar-refractivity contribution is 5.23. The van der Waals surface area contributed by atoms with Crippen LogP contribution >= 0.6 is 0 Å². The summed E-state index contributed by atoms with van der Waals surface area (Å²) >= 11 is 0. The SMILES string of the molecule is Nc1ccn(CCN2CCC(O)CC2)n1. The number of aliphatic hydroxyl groups excluding tert-OH is 1. The first-order valence-electron chi connectivity index (χ1n) is 5.43. The van der Waals surface area contributed by atoms with E-state index in [0.717, 1.165) is 39.0 Å². The largest absolute Gasteiger partial charge is 0.393 e. The highest BCUT2D eigenvalue weighted by Gasteiger charge is 2.16. The van der Waals surface area contributed by atoms with Gasteiger partial charge in [0.1, 0.15) is 5.82 Å². The number of nitrogen functional groups attached to an aromatic ring is 1. The average molecular weight is 210 g/mol. The standard InChI is InChI=1S/C10H18N4O/c11-10-3-6-14(12-10)8-7-13-4-1-9(15)2-5-13/h3,6,9,15H,1-2,4-5,7-8H2,(H2,11,12). The fourth-order valence-corrected chi connectivity index (χ4v) is 1.89. The van der Waals surface area contributed by atoms with Crippen molar-refractivity contribution in [2.24, 2.45) is 0 Å². The van der Waals surface area contributed by atoms with Crippen molar-refractivity contribution in [3.05, 3.63) is 12.3 Å². The summed E-state index contributed by atoms with van der Waals surface area (Å²) in [5, 5.41) is 13.5. The average Bonchev–Trinajstić information content (AvgIpc) is 2.64. The number of hydrogen-bond acceptors (Lipinski definition) is 4. The molecule has 0 unspecified atom stereocenters. The first kappa shape index (κ1) is 10.4. The Morgan fingerprint density at radius 3 is 2.73 bits per heavy atom. The van der Waals surface area contributed by atoms with Crippen LogP contribution in [0.5, 0.6) is 0 Å². The number of anilines is 1. The van der Waals surface area contributed by atoms with Crippen LogP contribution in [0.1, 0.15) is 12.8 Å². The lowest BCUT2D eigenvalue weighted by atomic mass is 10.1. The minimum atomic E-state index is -0.0957. The van der Waals surface area contributed by atoms with Gasteiger partial charge in [-0.3, -0.25) is 4.68 Å². The summed E-state index contributed by atoms with van der Waals surface area (Å²) in [6, 6.07) is 1.81. The third-order valence-corrected chi connectivity index (χ3v) is 2.86. The molecule has 0 aliphatic carbocycles. The van der Waals surface area contributed by atoms with E-state index in [2.05, 4.69) is 10.00 Å². The van der Waals surface area contributed by atoms with Crippen LogP contribution in [-0.4, -0.2) is 45.5 Å². The molecule has 1 fully saturated rings. The summed E-state index contributed by atoms with van der Waals surface area (Å²) < 4.78 is 1.86. The highest BCUT2D eigenvalue weighted by atomic mass is 16.3. The second-order valence-corrected chi connectivity index (χ2v) is 4.08. The Morgan fingerprint density at radius 2 is 2.13 bits per heavy atom. The Morgan fingerprint density at radius 1 is 1.40 bits per heavy atom. The van der Waals surface area contributed by atoms with Crippen LogP contribution in [0.25, 0.3) is 0 Å². The molecule has 1 aromatic heterocycles. The Labute approximate surface area is 89.5 Å². The van der Waals surface area contributed by atoms with Gasteiger partial charge >= 0.3 is 0 Å². The van der Waals surface area contributed by atoms with E-state index >= 15 is 0 Å². The molecule has 1 aliphatic rings. The molecule has 15 heavy (non-hydrogen) atoms. The van der Waals surface area contributed by atoms with Crippen molar-refractivity contribution in [3.63, 3.8) is 0 Å². The van der Waals surface area contributed by atoms with Gasteiger partial charge in [0.2, 0.25) is 0 Å². The van der Waals surface area contributed by atoms with E-state index in [9.17, 15) is 5.11 Å². The Bertz CT molecular complexity index is 304. The zero-order valence-corrected chi connectivity index (χ0v) is 8.84. The molecule has 1 aromatic rings. The molecule has 1 aliphatic heterocycles. The maximum absolute atomic E-state index is 9.35. The molecule has 0 amide bonds. The maximum Gasteiger partial charge on any atom is 0.145 e. The quantitative estimate of drug-likeness (QED) is 0.732. The smallest absolute Gasteiger partial charge is 0.145 e. The fourth-order valence-electron chi connectivity index (χ4n) is 1.89. The van der Waals surface area contributed by atoms with Gasteiger partial charge in [0, 0.05) is 25.8 Å². The minimum absolute atomic E-state index is 0.0957. The van der Waals surface area contributed by atoms with Crippen molar-refractivity contribution in [1.82, 2.24) is 14.7 Å². The van der Waals surface area contributed by atoms with Gasteiger partial charge in [-0.2, -0.15) is 5.10 Å². The lowest BCUT2D eigenvalue weighted by Crippen LogP contribution is -2.37. The van der Waals surface area contributed by atoms with Gasteiger partial charge in [0.25, 0.3) is 0 Å². The van der Waals surface area contributed by atoms with Crippen molar-refractivity contribution >= 4 is 5.82 Å². The first-order chi connectivity index (χ1) is 7.24. The molecule has 0 spiro atoms. The highest BCUT2D eigenvalue weighted by Crippen LogP contribution is 2.09. The normalized spacial score (nSPS) is 19.5. The molecule has 5 heteroatoms. The van der Waals surface area contributed by atoms with E-state index < -0.39 is 0 Å². The topological polar surface area (TPSA) is 67.3 Å². The summed E-state index contributed by atoms with van der Waals surface area (Å²) in [5.41, 5.74) is 5.53. The fraction of sp³-hybridized carbons (Fsp3) is 0.700. The lowest BCUT2D eigenvalue weighted by molar-refractivity contribution is 0.0805. The van der Waals surface area contributed by atoms with E-state index in [-0.39, 0.29) is 6.10 Å². The molecular weight excluding hydrogens is 192 g/mol. The molecule has 0 bridgehead atoms. The molecule has 0 radical (unpaired) electrons. The molecule has 0 aromatic carbocycles. The molecular formula is C10H18N4O. The van der Waals surface area contributed by atoms with E-state index in [1.54, 1.807) is 6.07 Å². The molecule has 2 heterocycles. The first-order valence-corrected chi connectivity index (χ1v) is 5.43. The summed E-state index contributed by atoms with van der Waals surface area (Å²) in [7, 11) is 0. The van der Waals surface area contributed by atoms with Crippen molar-refractivity contribution in [2.75, 3.05) is 25.4 Å². The number of aromatic nitrogens is 2. The predicted octanol–water partition coefficient (Wildman–Crippen LogP) is -0.0780. The van der Waals surface area contributed by atoms with E-state index in [1.807, 2.05) is 10.9 Å². The van der Waals surface area contributed by atoms with Gasteiger partial charge in [0.05, 0.1) is 12.6 Å². The zero-order chi connectivity index (χ0) is 10.7. The number of nitrogens with zero attached hydrogens (tertiary/aromatic N) is 3. The molecule has 84 valence electrons. The number of rotatable bonds is 3. The van der Waals surface area contributed by atoms with Gasteiger partial charge in [0.15, 0.2) is 0 Å². The van der Waals surface area contributed by atoms with E-state index in [0.29, 0.717) is 5.82 Å². The van der Waals surface area contributed by atoms with Crippen molar-refractivity contribution in [2.45, 2.75) is 25.5 Å². The number of likely N-dealkylation sites (tertiary alicyclic amines) is 1. The van der Waals surface area contributed by atoms with Gasteiger partial charge in [-0.25, -0.2) is 0 Å². The number of piperidine rings is 1. The number of aliphatic hydroxyl groups is 1. The van der Waals surface area contributed by atoms with Gasteiger partial charge < -0.3 is 15.7 Å². The van der Waals surface area contributed by atoms with Gasteiger partial charge in [-0.05, 0) is 18.9 Å². The predicted molar refractivity (Wildman–Crippen MR) is 58.3 cm³/mol. The Hall–Kier alpha value is -1.07. The van der Waals surface area contributed by atoms with E-state index in [4.69, 9.17) is 5.73 Å². The van der Waals surface area contributed by atoms with Crippen molar-refractivity contribution < 1.29 is 5.11 Å². The Kier molecular flexibility index (Phi) is 3.23. The monoisotopic (exact) mass is 210 g/mol. The second-order valence-electron chi connectivity index (χ2n) is 4.08. The minimum Gasteiger partial charge on any atom is -0.393 e. The lowest BCUT2D eigenvalue weighted by Gasteiger charge is -2.29. The maximum atomic E-state index is 9.35. The third-order valence-electron chi connectivity index (χ3n) is 2.86. The molecule has 1 saturated heterocycles. The van der Waals surface area contributed by atoms with Crippen molar-refractivity contribution in [3.8, 4) is 0 Å². The van der Waals surface area contributed by atoms with Crippen molar-refractivity contribution in [1.29, 1.82) is 0 Å². The number of hydrogen-bond donors (Lipinski definition) is 2. The van der Waals surface area contributed by atoms with Crippen LogP contribution in [-0.2, 0) is 6.54 Å². The molecule has 0 saturated carbocycles. The zero-order valence-electron chi connectivity index (χ0n) is 8.84. The summed E-state index contributed by atoms with van der Waals surface area (Å²) in [6.07, 6.45) is 3.58. The summed E-state index contributed by atoms with van der Waals surface area (Å²) in [6.45, 7) is 3.82. The van der Waals surface area contributed by atoms with Gasteiger partial charge in [-0.15, -0.1) is 0 Å². The molecule has 0 atom stereocenters. The molecule has 2 rings (SSSR count). The van der Waals surface area contributed by atoms with E-state index in [1.165, 1.54) is 0 Å². The van der Waals surface area contributed by atoms with Crippen LogP contribution in [0.3, 0.4) is 0 Å². The summed E-state index contributed by atoms with van der Waals surface area (Å²) in [4.78, 5) is 2.35. The van der Waals surface area contributed by atoms with Gasteiger partial charge in [-0.1, -0.05) is 0 Å². The third kappa shape index (κ3) is 2.94. The van der Waals surface area contributed by atoms with Crippen LogP contribution < -0.4 is 5.73 Å². The Balaban J connectivity index is 1.74. The molecule has 3 N–H and O–H groups in total. The number of nitrogens with two attached hydrogens (primary N) is 1. The van der Waals surface area contributed by atoms with Crippen LogP contribution in [0, 0.1) is 0 Å². The second kappa shape index (κ2) is 4.63. The van der Waals surface area contributed by atoms with Crippen LogP contribution in [0.2, 0.25) is 0 Å². The summed E-state index contributed by atoms with van der Waals surface area (Å²) in [5.74, 6) is 0.573. The molecule has 5 nitrogen and oxygen atoms in total. The van der Waals surface area contributed by atoms with Crippen LogP contribution in [0.4, 0.5) is 5.82 Å².